The van der Waals surface area contributed by atoms with Gasteiger partial charge in [-0.1, -0.05) is 18.2 Å². The van der Waals surface area contributed by atoms with Crippen molar-refractivity contribution in [3.8, 4) is 5.75 Å². The van der Waals surface area contributed by atoms with E-state index in [1.54, 1.807) is 18.4 Å². The summed E-state index contributed by atoms with van der Waals surface area (Å²) in [6, 6.07) is 12.4. The largest absolute Gasteiger partial charge is 0.497 e. The molecule has 2 heterocycles. The maximum atomic E-state index is 12.2. The highest BCUT2D eigenvalue weighted by atomic mass is 32.1. The minimum atomic E-state index is 0.0927. The molecule has 1 saturated heterocycles. The zero-order chi connectivity index (χ0) is 16.8. The number of nitrogens with zero attached hydrogens (tertiary/aromatic N) is 1. The summed E-state index contributed by atoms with van der Waals surface area (Å²) in [6.07, 6.45) is 2.93. The number of carbonyl (C=O) groups excluding carboxylic acids is 1. The van der Waals surface area contributed by atoms with Gasteiger partial charge in [0, 0.05) is 11.4 Å². The fourth-order valence-electron chi connectivity index (χ4n) is 3.18. The Balaban J connectivity index is 1.64. The fraction of sp³-hybridized carbons (Fsp3) is 0.421. The van der Waals surface area contributed by atoms with E-state index in [9.17, 15) is 4.79 Å². The summed E-state index contributed by atoms with van der Waals surface area (Å²) < 4.78 is 5.25. The van der Waals surface area contributed by atoms with Crippen LogP contribution in [0.2, 0.25) is 0 Å². The number of amides is 1. The van der Waals surface area contributed by atoms with Crippen LogP contribution in [0.1, 0.15) is 29.3 Å². The number of rotatable bonds is 7. The minimum absolute atomic E-state index is 0.0927. The zero-order valence-electron chi connectivity index (χ0n) is 14.0. The maximum Gasteiger partial charge on any atom is 0.225 e. The molecule has 1 unspecified atom stereocenters. The molecular weight excluding hydrogens is 320 g/mol. The molecule has 1 fully saturated rings. The molecule has 3 rings (SSSR count). The maximum absolute atomic E-state index is 12.2. The first kappa shape index (κ1) is 17.0. The molecule has 0 bridgehead atoms. The van der Waals surface area contributed by atoms with Gasteiger partial charge >= 0.3 is 0 Å². The van der Waals surface area contributed by atoms with E-state index >= 15 is 0 Å². The number of ether oxygens (including phenoxy) is 1. The molecule has 128 valence electrons. The highest BCUT2D eigenvalue weighted by molar-refractivity contribution is 7.10. The Kier molecular flexibility index (Phi) is 5.88. The van der Waals surface area contributed by atoms with Crippen molar-refractivity contribution in [1.82, 2.24) is 10.2 Å². The first-order chi connectivity index (χ1) is 11.8. The first-order valence-corrected chi connectivity index (χ1v) is 9.31. The van der Waals surface area contributed by atoms with Crippen LogP contribution in [-0.2, 0) is 11.2 Å². The van der Waals surface area contributed by atoms with E-state index in [2.05, 4.69) is 22.3 Å². The third kappa shape index (κ3) is 4.36. The van der Waals surface area contributed by atoms with Gasteiger partial charge in [-0.05, 0) is 55.1 Å². The molecule has 0 spiro atoms. The van der Waals surface area contributed by atoms with Crippen LogP contribution in [-0.4, -0.2) is 37.6 Å². The smallest absolute Gasteiger partial charge is 0.225 e. The van der Waals surface area contributed by atoms with E-state index in [-0.39, 0.29) is 11.9 Å². The molecule has 1 aliphatic heterocycles. The van der Waals surface area contributed by atoms with Crippen molar-refractivity contribution < 1.29 is 9.53 Å². The van der Waals surface area contributed by atoms with Crippen molar-refractivity contribution >= 4 is 17.2 Å². The summed E-state index contributed by atoms with van der Waals surface area (Å²) in [7, 11) is 1.68. The minimum Gasteiger partial charge on any atom is -0.497 e. The van der Waals surface area contributed by atoms with Crippen molar-refractivity contribution in [2.45, 2.75) is 25.3 Å². The predicted molar refractivity (Wildman–Crippen MR) is 97.6 cm³/mol. The Hall–Kier alpha value is -1.85. The molecule has 1 aromatic heterocycles. The summed E-state index contributed by atoms with van der Waals surface area (Å²) in [5, 5.41) is 5.13. The molecular formula is C19H24N2O2S. The average Bonchev–Trinajstić information content (AvgIpc) is 3.30. The number of hydrogen-bond acceptors (Lipinski definition) is 4. The van der Waals surface area contributed by atoms with Gasteiger partial charge in [0.25, 0.3) is 0 Å². The van der Waals surface area contributed by atoms with E-state index in [1.807, 2.05) is 29.6 Å². The Labute approximate surface area is 147 Å². The number of carbonyl (C=O) groups is 1. The summed E-state index contributed by atoms with van der Waals surface area (Å²) in [5.41, 5.74) is 1.23. The molecule has 24 heavy (non-hydrogen) atoms. The van der Waals surface area contributed by atoms with Crippen molar-refractivity contribution in [2.75, 3.05) is 26.7 Å². The highest BCUT2D eigenvalue weighted by Gasteiger charge is 2.24. The van der Waals surface area contributed by atoms with Gasteiger partial charge in [0.15, 0.2) is 0 Å². The third-order valence-corrected chi connectivity index (χ3v) is 5.37. The molecule has 0 radical (unpaired) electrons. The van der Waals surface area contributed by atoms with Gasteiger partial charge in [0.05, 0.1) is 19.6 Å². The van der Waals surface area contributed by atoms with Gasteiger partial charge in [-0.25, -0.2) is 0 Å². The molecule has 1 amide bonds. The number of nitrogens with one attached hydrogen (secondary N) is 1. The molecule has 0 saturated carbocycles. The fourth-order valence-corrected chi connectivity index (χ4v) is 3.89. The summed E-state index contributed by atoms with van der Waals surface area (Å²) in [5.74, 6) is 0.954. The Morgan fingerprint density at radius 2 is 2.00 bits per heavy atom. The van der Waals surface area contributed by atoms with Gasteiger partial charge < -0.3 is 10.1 Å². The van der Waals surface area contributed by atoms with Crippen LogP contribution >= 0.6 is 11.3 Å². The molecule has 4 nitrogen and oxygen atoms in total. The van der Waals surface area contributed by atoms with Crippen LogP contribution in [0.3, 0.4) is 0 Å². The Morgan fingerprint density at radius 1 is 1.25 bits per heavy atom. The second-order valence-corrected chi connectivity index (χ2v) is 7.12. The van der Waals surface area contributed by atoms with Crippen molar-refractivity contribution in [2.24, 2.45) is 0 Å². The van der Waals surface area contributed by atoms with Crippen molar-refractivity contribution in [3.05, 3.63) is 52.2 Å². The lowest BCUT2D eigenvalue weighted by Gasteiger charge is -2.28. The van der Waals surface area contributed by atoms with Crippen LogP contribution in [0.15, 0.2) is 41.8 Å². The number of thiophene rings is 1. The lowest BCUT2D eigenvalue weighted by atomic mass is 10.1. The van der Waals surface area contributed by atoms with E-state index in [4.69, 9.17) is 4.74 Å². The number of likely N-dealkylation sites (tertiary alicyclic amines) is 1. The number of methoxy groups -OCH3 is 1. The van der Waals surface area contributed by atoms with E-state index in [0.29, 0.717) is 13.0 Å². The zero-order valence-corrected chi connectivity index (χ0v) is 14.8. The first-order valence-electron chi connectivity index (χ1n) is 8.43. The van der Waals surface area contributed by atoms with Crippen LogP contribution in [0.25, 0.3) is 0 Å². The summed E-state index contributed by atoms with van der Waals surface area (Å²) in [6.45, 7) is 2.84. The summed E-state index contributed by atoms with van der Waals surface area (Å²) >= 11 is 1.63. The number of hydrogen-bond donors (Lipinski definition) is 1. The quantitative estimate of drug-likeness (QED) is 0.838. The predicted octanol–water partition coefficient (Wildman–Crippen LogP) is 3.25. The summed E-state index contributed by atoms with van der Waals surface area (Å²) in [4.78, 5) is 15.8. The van der Waals surface area contributed by atoms with Gasteiger partial charge in [0.1, 0.15) is 5.75 Å². The van der Waals surface area contributed by atoms with Gasteiger partial charge in [-0.3, -0.25) is 9.69 Å². The normalized spacial score (nSPS) is 16.0. The molecule has 1 aliphatic rings. The van der Waals surface area contributed by atoms with Crippen LogP contribution in [0, 0.1) is 0 Å². The standard InChI is InChI=1S/C19H24N2O2S/c1-23-16-8-6-15(7-9-16)18(21-10-2-3-11-21)14-20-19(22)13-17-5-4-12-24-17/h4-9,12,18H,2-3,10-11,13-14H2,1H3,(H,20,22). The lowest BCUT2D eigenvalue weighted by Crippen LogP contribution is -2.37. The van der Waals surface area contributed by atoms with Crippen LogP contribution < -0.4 is 10.1 Å². The molecule has 5 heteroatoms. The molecule has 2 aromatic rings. The molecule has 1 N–H and O–H groups in total. The van der Waals surface area contributed by atoms with Gasteiger partial charge in [-0.15, -0.1) is 11.3 Å². The van der Waals surface area contributed by atoms with E-state index < -0.39 is 0 Å². The second-order valence-electron chi connectivity index (χ2n) is 6.09. The Morgan fingerprint density at radius 3 is 2.62 bits per heavy atom. The number of benzene rings is 1. The SMILES string of the molecule is COc1ccc(C(CNC(=O)Cc2cccs2)N2CCCC2)cc1. The van der Waals surface area contributed by atoms with E-state index in [1.165, 1.54) is 18.4 Å². The van der Waals surface area contributed by atoms with Crippen molar-refractivity contribution in [3.63, 3.8) is 0 Å². The molecule has 1 aromatic carbocycles. The highest BCUT2D eigenvalue weighted by Crippen LogP contribution is 2.26. The molecule has 0 aliphatic carbocycles. The lowest BCUT2D eigenvalue weighted by molar-refractivity contribution is -0.120. The Bertz CT molecular complexity index is 634. The molecule has 1 atom stereocenters. The second kappa shape index (κ2) is 8.31. The third-order valence-electron chi connectivity index (χ3n) is 4.49. The topological polar surface area (TPSA) is 41.6 Å². The van der Waals surface area contributed by atoms with Crippen LogP contribution in [0.4, 0.5) is 0 Å². The van der Waals surface area contributed by atoms with Crippen molar-refractivity contribution in [1.29, 1.82) is 0 Å². The monoisotopic (exact) mass is 344 g/mol. The van der Waals surface area contributed by atoms with Gasteiger partial charge in [0.2, 0.25) is 5.91 Å². The average molecular weight is 344 g/mol. The van der Waals surface area contributed by atoms with E-state index in [0.717, 1.165) is 23.7 Å². The van der Waals surface area contributed by atoms with Crippen LogP contribution in [0.5, 0.6) is 5.75 Å². The van der Waals surface area contributed by atoms with Gasteiger partial charge in [-0.2, -0.15) is 0 Å².